The molecular weight excluding hydrogens is 448 g/mol. The smallest absolute Gasteiger partial charge is 0.233 e. The second kappa shape index (κ2) is 19.6. The summed E-state index contributed by atoms with van der Waals surface area (Å²) in [6, 6.07) is 7.96. The first-order valence-corrected chi connectivity index (χ1v) is 14.5. The van der Waals surface area contributed by atoms with Crippen molar-refractivity contribution in [3.8, 4) is 5.75 Å². The van der Waals surface area contributed by atoms with E-state index in [0.29, 0.717) is 17.8 Å². The minimum Gasteiger partial charge on any atom is -0.494 e. The molecule has 0 radical (unpaired) electrons. The van der Waals surface area contributed by atoms with E-state index in [9.17, 15) is 0 Å². The maximum Gasteiger partial charge on any atom is 0.233 e. The van der Waals surface area contributed by atoms with E-state index in [2.05, 4.69) is 51.7 Å². The Hall–Kier alpha value is -2.57. The molecule has 7 nitrogen and oxygen atoms in total. The number of anilines is 4. The molecule has 0 aliphatic heterocycles. The normalized spacial score (nSPS) is 10.9. The largest absolute Gasteiger partial charge is 0.494 e. The molecule has 7 heteroatoms. The van der Waals surface area contributed by atoms with Gasteiger partial charge in [0, 0.05) is 18.8 Å². The number of nitrogens with zero attached hydrogens (tertiary/aromatic N) is 3. The highest BCUT2D eigenvalue weighted by atomic mass is 16.5. The number of hydrogen-bond donors (Lipinski definition) is 3. The molecule has 0 bridgehead atoms. The van der Waals surface area contributed by atoms with Crippen LogP contribution >= 0.6 is 0 Å². The summed E-state index contributed by atoms with van der Waals surface area (Å²) in [6.45, 7) is 9.16. The molecule has 0 saturated carbocycles. The van der Waals surface area contributed by atoms with E-state index < -0.39 is 0 Å². The molecule has 1 aromatic carbocycles. The highest BCUT2D eigenvalue weighted by Crippen LogP contribution is 2.20. The third-order valence-electron chi connectivity index (χ3n) is 6.14. The predicted octanol–water partition coefficient (Wildman–Crippen LogP) is 8.34. The van der Waals surface area contributed by atoms with Crippen LogP contribution in [-0.2, 0) is 0 Å². The summed E-state index contributed by atoms with van der Waals surface area (Å²) in [4.78, 5) is 13.9. The number of hydrogen-bond acceptors (Lipinski definition) is 7. The van der Waals surface area contributed by atoms with Gasteiger partial charge in [-0.05, 0) is 43.5 Å². The van der Waals surface area contributed by atoms with Gasteiger partial charge < -0.3 is 20.7 Å². The molecule has 0 saturated heterocycles. The minimum absolute atomic E-state index is 0.542. The maximum absolute atomic E-state index is 5.77. The lowest BCUT2D eigenvalue weighted by Crippen LogP contribution is -2.12. The van der Waals surface area contributed by atoms with Gasteiger partial charge >= 0.3 is 0 Å². The second-order valence-corrected chi connectivity index (χ2v) is 9.55. The van der Waals surface area contributed by atoms with Gasteiger partial charge in [0.2, 0.25) is 17.8 Å². The highest BCUT2D eigenvalue weighted by Gasteiger charge is 2.07. The monoisotopic (exact) mass is 498 g/mol. The first-order valence-electron chi connectivity index (χ1n) is 14.5. The van der Waals surface area contributed by atoms with Crippen molar-refractivity contribution in [3.05, 3.63) is 24.3 Å². The molecule has 0 unspecified atom stereocenters. The van der Waals surface area contributed by atoms with Gasteiger partial charge in [-0.2, -0.15) is 15.0 Å². The Kier molecular flexibility index (Phi) is 16.1. The van der Waals surface area contributed by atoms with Gasteiger partial charge in [0.05, 0.1) is 6.61 Å². The third-order valence-corrected chi connectivity index (χ3v) is 6.14. The van der Waals surface area contributed by atoms with E-state index >= 15 is 0 Å². The Morgan fingerprint density at radius 2 is 1.03 bits per heavy atom. The molecule has 36 heavy (non-hydrogen) atoms. The van der Waals surface area contributed by atoms with Gasteiger partial charge in [-0.15, -0.1) is 0 Å². The lowest BCUT2D eigenvalue weighted by atomic mass is 10.1. The third kappa shape index (κ3) is 13.5. The van der Waals surface area contributed by atoms with Crippen LogP contribution in [0.4, 0.5) is 23.5 Å². The lowest BCUT2D eigenvalue weighted by Gasteiger charge is -2.12. The van der Waals surface area contributed by atoms with Gasteiger partial charge in [-0.3, -0.25) is 0 Å². The number of aromatic nitrogens is 3. The fourth-order valence-electron chi connectivity index (χ4n) is 3.90. The van der Waals surface area contributed by atoms with Gasteiger partial charge in [0.25, 0.3) is 0 Å². The van der Waals surface area contributed by atoms with Crippen LogP contribution in [-0.4, -0.2) is 34.6 Å². The standard InChI is InChI=1S/C29H50N6O/c1-4-7-10-12-14-16-22-30-27-33-28(31-23-17-15-13-11-8-5-2)35-29(34-27)32-25-18-20-26(21-19-25)36-24-9-6-3/h18-21H,4-17,22-24H2,1-3H3,(H3,30,31,32,33,34,35). The van der Waals surface area contributed by atoms with Crippen molar-refractivity contribution in [2.24, 2.45) is 0 Å². The molecule has 3 N–H and O–H groups in total. The molecule has 0 aliphatic rings. The molecule has 0 fully saturated rings. The van der Waals surface area contributed by atoms with Crippen molar-refractivity contribution in [3.63, 3.8) is 0 Å². The molecular formula is C29H50N6O. The van der Waals surface area contributed by atoms with Crippen LogP contribution in [0.5, 0.6) is 5.75 Å². The van der Waals surface area contributed by atoms with E-state index in [1.807, 2.05) is 24.3 Å². The Bertz CT molecular complexity index is 763. The van der Waals surface area contributed by atoms with Gasteiger partial charge in [-0.1, -0.05) is 91.4 Å². The average molecular weight is 499 g/mol. The van der Waals surface area contributed by atoms with Crippen molar-refractivity contribution >= 4 is 23.5 Å². The summed E-state index contributed by atoms with van der Waals surface area (Å²) >= 11 is 0. The Morgan fingerprint density at radius 1 is 0.556 bits per heavy atom. The Balaban J connectivity index is 1.92. The van der Waals surface area contributed by atoms with E-state index in [-0.39, 0.29) is 0 Å². The topological polar surface area (TPSA) is 84.0 Å². The zero-order valence-corrected chi connectivity index (χ0v) is 23.1. The molecule has 202 valence electrons. The zero-order chi connectivity index (χ0) is 25.7. The number of rotatable bonds is 22. The quantitative estimate of drug-likeness (QED) is 0.141. The molecule has 1 aromatic heterocycles. The summed E-state index contributed by atoms with van der Waals surface area (Å²) < 4.78 is 5.77. The van der Waals surface area contributed by atoms with Crippen LogP contribution in [0, 0.1) is 0 Å². The van der Waals surface area contributed by atoms with E-state index in [1.54, 1.807) is 0 Å². The molecule has 2 aromatic rings. The summed E-state index contributed by atoms with van der Waals surface area (Å²) in [5.41, 5.74) is 0.924. The first-order chi connectivity index (χ1) is 17.7. The number of nitrogens with one attached hydrogen (secondary N) is 3. The minimum atomic E-state index is 0.542. The Labute approximate surface area is 219 Å². The zero-order valence-electron chi connectivity index (χ0n) is 23.1. The number of ether oxygens (including phenoxy) is 1. The van der Waals surface area contributed by atoms with Crippen LogP contribution < -0.4 is 20.7 Å². The Morgan fingerprint density at radius 3 is 1.56 bits per heavy atom. The number of unbranched alkanes of at least 4 members (excludes halogenated alkanes) is 11. The average Bonchev–Trinajstić information content (AvgIpc) is 2.89. The number of benzene rings is 1. The van der Waals surface area contributed by atoms with Crippen molar-refractivity contribution in [1.29, 1.82) is 0 Å². The van der Waals surface area contributed by atoms with Crippen molar-refractivity contribution < 1.29 is 4.74 Å². The van der Waals surface area contributed by atoms with E-state index in [0.717, 1.165) is 56.8 Å². The van der Waals surface area contributed by atoms with Crippen LogP contribution in [0.3, 0.4) is 0 Å². The second-order valence-electron chi connectivity index (χ2n) is 9.55. The van der Waals surface area contributed by atoms with Crippen molar-refractivity contribution in [2.75, 3.05) is 35.6 Å². The fourth-order valence-corrected chi connectivity index (χ4v) is 3.90. The first kappa shape index (κ1) is 29.7. The lowest BCUT2D eigenvalue weighted by molar-refractivity contribution is 0.309. The highest BCUT2D eigenvalue weighted by molar-refractivity contribution is 5.56. The summed E-state index contributed by atoms with van der Waals surface area (Å²) in [5.74, 6) is 2.66. The van der Waals surface area contributed by atoms with Crippen LogP contribution in [0.15, 0.2) is 24.3 Å². The van der Waals surface area contributed by atoms with Gasteiger partial charge in [0.15, 0.2) is 0 Å². The molecule has 0 aliphatic carbocycles. The fraction of sp³-hybridized carbons (Fsp3) is 0.690. The van der Waals surface area contributed by atoms with Crippen LogP contribution in [0.1, 0.15) is 111 Å². The SMILES string of the molecule is CCCCCCCCNc1nc(NCCCCCCCC)nc(Nc2ccc(OCCCC)cc2)n1. The summed E-state index contributed by atoms with van der Waals surface area (Å²) in [5, 5.41) is 10.1. The van der Waals surface area contributed by atoms with E-state index in [1.165, 1.54) is 64.2 Å². The van der Waals surface area contributed by atoms with Gasteiger partial charge in [-0.25, -0.2) is 0 Å². The van der Waals surface area contributed by atoms with E-state index in [4.69, 9.17) is 4.74 Å². The van der Waals surface area contributed by atoms with Crippen LogP contribution in [0.2, 0.25) is 0 Å². The molecule has 0 atom stereocenters. The van der Waals surface area contributed by atoms with Crippen LogP contribution in [0.25, 0.3) is 0 Å². The predicted molar refractivity (Wildman–Crippen MR) is 154 cm³/mol. The summed E-state index contributed by atoms with van der Waals surface area (Å²) in [6.07, 6.45) is 17.4. The molecule has 0 spiro atoms. The molecule has 1 heterocycles. The van der Waals surface area contributed by atoms with Crippen molar-refractivity contribution in [2.45, 2.75) is 111 Å². The maximum atomic E-state index is 5.77. The van der Waals surface area contributed by atoms with Crippen molar-refractivity contribution in [1.82, 2.24) is 15.0 Å². The van der Waals surface area contributed by atoms with Gasteiger partial charge in [0.1, 0.15) is 5.75 Å². The molecule has 0 amide bonds. The summed E-state index contributed by atoms with van der Waals surface area (Å²) in [7, 11) is 0. The molecule has 2 rings (SSSR count).